The van der Waals surface area contributed by atoms with Crippen LogP contribution in [0.5, 0.6) is 0 Å². The van der Waals surface area contributed by atoms with E-state index in [-0.39, 0.29) is 0 Å². The highest BCUT2D eigenvalue weighted by Crippen LogP contribution is 2.46. The van der Waals surface area contributed by atoms with E-state index in [9.17, 15) is 0 Å². The zero-order valence-corrected chi connectivity index (χ0v) is 13.2. The topological polar surface area (TPSA) is 104 Å². The number of halogens is 1. The van der Waals surface area contributed by atoms with E-state index < -0.39 is 10.2 Å². The molecule has 23 heavy (non-hydrogen) atoms. The minimum absolute atomic E-state index is 0.686. The molecular formula is C17H17ClO5. The summed E-state index contributed by atoms with van der Waals surface area (Å²) in [5, 5.41) is 0. The predicted octanol–water partition coefficient (Wildman–Crippen LogP) is 0.227. The van der Waals surface area contributed by atoms with Gasteiger partial charge in [0.25, 0.3) is 0 Å². The van der Waals surface area contributed by atoms with Gasteiger partial charge in [-0.05, 0) is 36.8 Å². The van der Waals surface area contributed by atoms with Gasteiger partial charge in [0.2, 0.25) is 0 Å². The Hall–Kier alpha value is -1.50. The van der Waals surface area contributed by atoms with Crippen LogP contribution in [0.1, 0.15) is 49.0 Å². The first-order chi connectivity index (χ1) is 10.9. The van der Waals surface area contributed by atoms with E-state index >= 15 is 0 Å². The van der Waals surface area contributed by atoms with Crippen molar-refractivity contribution in [3.8, 4) is 11.1 Å². The van der Waals surface area contributed by atoms with Gasteiger partial charge in [-0.2, -0.15) is 0 Å². The van der Waals surface area contributed by atoms with Crippen molar-refractivity contribution >= 4 is 0 Å². The first-order valence-corrected chi connectivity index (χ1v) is 8.79. The smallest absolute Gasteiger partial charge is 0.222 e. The van der Waals surface area contributed by atoms with Gasteiger partial charge in [-0.15, -0.1) is 10.2 Å². The van der Waals surface area contributed by atoms with Gasteiger partial charge in [0, 0.05) is 12.1 Å². The monoisotopic (exact) mass is 336 g/mol. The van der Waals surface area contributed by atoms with Crippen LogP contribution < -0.4 is 18.6 Å². The summed E-state index contributed by atoms with van der Waals surface area (Å²) in [7, 11) is -4.94. The lowest BCUT2D eigenvalue weighted by Gasteiger charge is -2.17. The molecule has 2 aromatic rings. The molecule has 122 valence electrons. The lowest BCUT2D eigenvalue weighted by Crippen LogP contribution is -2.68. The zero-order valence-electron chi connectivity index (χ0n) is 12.4. The molecule has 0 N–H and O–H groups in total. The SMILES string of the molecule is [O-][Cl+3]([O-])([O-])[O-].c1ccc(-c2cc(C3CC3)[o+]c(C3CC3)c2)cc1. The summed E-state index contributed by atoms with van der Waals surface area (Å²) >= 11 is 0. The van der Waals surface area contributed by atoms with E-state index in [1.165, 1.54) is 48.3 Å². The predicted molar refractivity (Wildman–Crippen MR) is 72.5 cm³/mol. The van der Waals surface area contributed by atoms with Crippen LogP contribution in [0.25, 0.3) is 11.1 Å². The Morgan fingerprint density at radius 1 is 0.739 bits per heavy atom. The molecule has 5 nitrogen and oxygen atoms in total. The van der Waals surface area contributed by atoms with Gasteiger partial charge in [-0.1, -0.05) is 30.3 Å². The molecule has 2 aliphatic rings. The molecule has 0 atom stereocenters. The highest BCUT2D eigenvalue weighted by molar-refractivity contribution is 5.64. The van der Waals surface area contributed by atoms with E-state index in [2.05, 4.69) is 42.5 Å². The molecule has 4 rings (SSSR count). The van der Waals surface area contributed by atoms with Crippen LogP contribution in [-0.2, 0) is 0 Å². The van der Waals surface area contributed by atoms with Crippen LogP contribution in [0.2, 0.25) is 0 Å². The van der Waals surface area contributed by atoms with Crippen molar-refractivity contribution in [2.45, 2.75) is 37.5 Å². The molecule has 2 saturated carbocycles. The fourth-order valence-corrected chi connectivity index (χ4v) is 2.48. The summed E-state index contributed by atoms with van der Waals surface area (Å²) < 4.78 is 40.1. The molecule has 6 heteroatoms. The van der Waals surface area contributed by atoms with Gasteiger partial charge >= 0.3 is 11.5 Å². The first kappa shape index (κ1) is 16.4. The van der Waals surface area contributed by atoms with Crippen LogP contribution in [0.3, 0.4) is 0 Å². The van der Waals surface area contributed by atoms with E-state index in [4.69, 9.17) is 23.1 Å². The Balaban J connectivity index is 0.000000276. The summed E-state index contributed by atoms with van der Waals surface area (Å²) in [4.78, 5) is 0. The highest BCUT2D eigenvalue weighted by Gasteiger charge is 2.39. The molecule has 1 heterocycles. The second-order valence-electron chi connectivity index (χ2n) is 5.94. The van der Waals surface area contributed by atoms with Crippen LogP contribution in [0.15, 0.2) is 46.9 Å². The van der Waals surface area contributed by atoms with Crippen molar-refractivity contribution < 1.29 is 33.3 Å². The molecule has 1 aromatic heterocycles. The second-order valence-corrected chi connectivity index (χ2v) is 6.70. The van der Waals surface area contributed by atoms with E-state index in [1.807, 2.05) is 0 Å². The van der Waals surface area contributed by atoms with Crippen LogP contribution in [-0.4, -0.2) is 0 Å². The summed E-state index contributed by atoms with van der Waals surface area (Å²) in [6, 6.07) is 15.1. The molecule has 0 spiro atoms. The van der Waals surface area contributed by atoms with Gasteiger partial charge < -0.3 is 0 Å². The van der Waals surface area contributed by atoms with Gasteiger partial charge in [-0.25, -0.2) is 23.1 Å². The van der Waals surface area contributed by atoms with Crippen molar-refractivity contribution in [1.29, 1.82) is 0 Å². The summed E-state index contributed by atoms with van der Waals surface area (Å²) in [5.74, 6) is 3.79. The Labute approximate surface area is 136 Å². The average molecular weight is 337 g/mol. The molecule has 0 amide bonds. The number of hydrogen-bond donors (Lipinski definition) is 0. The molecule has 0 saturated heterocycles. The lowest BCUT2D eigenvalue weighted by molar-refractivity contribution is -2.00. The quantitative estimate of drug-likeness (QED) is 0.746. The third-order valence-electron chi connectivity index (χ3n) is 3.90. The Morgan fingerprint density at radius 2 is 1.17 bits per heavy atom. The van der Waals surface area contributed by atoms with Gasteiger partial charge in [0.05, 0.1) is 11.8 Å². The highest BCUT2D eigenvalue weighted by atomic mass is 35.7. The Kier molecular flexibility index (Phi) is 4.66. The van der Waals surface area contributed by atoms with Crippen molar-refractivity contribution in [1.82, 2.24) is 0 Å². The van der Waals surface area contributed by atoms with Crippen molar-refractivity contribution in [3.05, 3.63) is 54.0 Å². The fourth-order valence-electron chi connectivity index (χ4n) is 2.48. The summed E-state index contributed by atoms with van der Waals surface area (Å²) in [6.45, 7) is 0. The maximum atomic E-state index is 8.49. The molecular weight excluding hydrogens is 320 g/mol. The molecule has 0 aliphatic heterocycles. The zero-order chi connectivity index (χ0) is 16.4. The fraction of sp³-hybridized carbons (Fsp3) is 0.353. The third kappa shape index (κ3) is 5.27. The van der Waals surface area contributed by atoms with Gasteiger partial charge in [0.15, 0.2) is 0 Å². The molecule has 1 aromatic carbocycles. The molecule has 2 aliphatic carbocycles. The van der Waals surface area contributed by atoms with Crippen LogP contribution in [0.4, 0.5) is 0 Å². The Bertz CT molecular complexity index is 624. The number of rotatable bonds is 3. The van der Waals surface area contributed by atoms with Crippen molar-refractivity contribution in [2.24, 2.45) is 0 Å². The number of benzene rings is 1. The summed E-state index contributed by atoms with van der Waals surface area (Å²) in [6.07, 6.45) is 5.19. The number of hydrogen-bond acceptors (Lipinski definition) is 4. The first-order valence-electron chi connectivity index (χ1n) is 7.55. The van der Waals surface area contributed by atoms with Crippen molar-refractivity contribution in [3.63, 3.8) is 0 Å². The van der Waals surface area contributed by atoms with Gasteiger partial charge in [0.1, 0.15) is 0 Å². The van der Waals surface area contributed by atoms with Crippen LogP contribution >= 0.6 is 0 Å². The summed E-state index contributed by atoms with van der Waals surface area (Å²) in [5.41, 5.74) is 2.63. The molecule has 0 radical (unpaired) electrons. The standard InChI is InChI=1S/C17H17O.ClHO4/c1-2-4-12(5-3-1)15-10-16(13-6-7-13)18-17(11-15)14-8-9-14;2-1(3,4)5/h1-5,10-11,13-14H,6-9H2;(H,2,3,4,5)/q+1;/p-1. The molecule has 0 bridgehead atoms. The normalized spacial score (nSPS) is 17.4. The van der Waals surface area contributed by atoms with E-state index in [0.29, 0.717) is 11.8 Å². The Morgan fingerprint density at radius 3 is 1.57 bits per heavy atom. The maximum Gasteiger partial charge on any atom is 0.333 e. The molecule has 0 unspecified atom stereocenters. The largest absolute Gasteiger partial charge is 0.333 e. The van der Waals surface area contributed by atoms with Crippen molar-refractivity contribution in [2.75, 3.05) is 0 Å². The minimum atomic E-state index is -4.94. The third-order valence-corrected chi connectivity index (χ3v) is 3.90. The molecule has 2 fully saturated rings. The van der Waals surface area contributed by atoms with E-state index in [0.717, 1.165) is 0 Å². The van der Waals surface area contributed by atoms with Crippen LogP contribution in [0, 0.1) is 10.2 Å². The maximum absolute atomic E-state index is 8.49. The van der Waals surface area contributed by atoms with Gasteiger partial charge in [-0.3, -0.25) is 0 Å². The van der Waals surface area contributed by atoms with E-state index in [1.54, 1.807) is 0 Å². The minimum Gasteiger partial charge on any atom is -0.222 e. The average Bonchev–Trinajstić information content (AvgIpc) is 3.39. The lowest BCUT2D eigenvalue weighted by atomic mass is 10.0. The second kappa shape index (κ2) is 6.55.